The van der Waals surface area contributed by atoms with Crippen molar-refractivity contribution in [3.63, 3.8) is 0 Å². The van der Waals surface area contributed by atoms with Crippen LogP contribution in [0.5, 0.6) is 5.75 Å². The van der Waals surface area contributed by atoms with Gasteiger partial charge in [-0.25, -0.2) is 4.98 Å². The number of hydrogen-bond donors (Lipinski definition) is 1. The second-order valence-electron chi connectivity index (χ2n) is 7.08. The summed E-state index contributed by atoms with van der Waals surface area (Å²) in [6, 6.07) is 10.3. The summed E-state index contributed by atoms with van der Waals surface area (Å²) in [5, 5.41) is 3.44. The first-order valence-electron chi connectivity index (χ1n) is 8.87. The topological polar surface area (TPSA) is 54.5 Å². The van der Waals surface area contributed by atoms with Crippen molar-refractivity contribution in [2.75, 3.05) is 25.0 Å². The van der Waals surface area contributed by atoms with Crippen LogP contribution < -0.4 is 10.1 Å². The van der Waals surface area contributed by atoms with E-state index in [0.29, 0.717) is 12.3 Å². The summed E-state index contributed by atoms with van der Waals surface area (Å²) in [5.41, 5.74) is 3.39. The Kier molecular flexibility index (Phi) is 4.40. The minimum atomic E-state index is -0.149. The molecule has 2 aliphatic heterocycles. The van der Waals surface area contributed by atoms with Crippen molar-refractivity contribution in [1.29, 1.82) is 0 Å². The highest BCUT2D eigenvalue weighted by atomic mass is 16.5. The summed E-state index contributed by atoms with van der Waals surface area (Å²) in [6.07, 6.45) is 3.49. The number of ether oxygens (including phenoxy) is 1. The van der Waals surface area contributed by atoms with E-state index in [9.17, 15) is 4.79 Å². The molecule has 1 aromatic heterocycles. The molecule has 0 saturated carbocycles. The Hall–Kier alpha value is -2.40. The Labute approximate surface area is 148 Å². The van der Waals surface area contributed by atoms with Gasteiger partial charge in [-0.15, -0.1) is 0 Å². The van der Waals surface area contributed by atoms with Crippen molar-refractivity contribution < 1.29 is 9.53 Å². The van der Waals surface area contributed by atoms with Crippen LogP contribution in [0, 0.1) is 12.8 Å². The van der Waals surface area contributed by atoms with Gasteiger partial charge in [-0.05, 0) is 49.1 Å². The number of nitrogens with zero attached hydrogens (tertiary/aromatic N) is 2. The summed E-state index contributed by atoms with van der Waals surface area (Å²) in [6.45, 7) is 6.09. The van der Waals surface area contributed by atoms with Gasteiger partial charge in [-0.2, -0.15) is 0 Å². The molecule has 1 unspecified atom stereocenters. The highest BCUT2D eigenvalue weighted by molar-refractivity contribution is 5.81. The van der Waals surface area contributed by atoms with Crippen molar-refractivity contribution in [2.24, 2.45) is 5.92 Å². The van der Waals surface area contributed by atoms with E-state index < -0.39 is 0 Å². The Balaban J connectivity index is 1.29. The summed E-state index contributed by atoms with van der Waals surface area (Å²) in [5.74, 6) is 2.18. The third kappa shape index (κ3) is 3.82. The molecule has 1 N–H and O–H groups in total. The average Bonchev–Trinajstić information content (AvgIpc) is 3.19. The summed E-state index contributed by atoms with van der Waals surface area (Å²) >= 11 is 0. The van der Waals surface area contributed by atoms with Gasteiger partial charge in [-0.1, -0.05) is 18.2 Å². The van der Waals surface area contributed by atoms with Crippen molar-refractivity contribution >= 4 is 11.8 Å². The summed E-state index contributed by atoms with van der Waals surface area (Å²) in [4.78, 5) is 18.2. The fourth-order valence-corrected chi connectivity index (χ4v) is 3.56. The van der Waals surface area contributed by atoms with E-state index in [1.165, 1.54) is 17.5 Å². The van der Waals surface area contributed by atoms with Gasteiger partial charge in [0.25, 0.3) is 0 Å². The molecule has 5 heteroatoms. The van der Waals surface area contributed by atoms with Gasteiger partial charge in [0, 0.05) is 31.4 Å². The van der Waals surface area contributed by atoms with Crippen LogP contribution >= 0.6 is 0 Å². The number of likely N-dealkylation sites (tertiary alicyclic amines) is 1. The maximum absolute atomic E-state index is 11.4. The number of benzene rings is 1. The third-order valence-corrected chi connectivity index (χ3v) is 4.95. The molecule has 2 aliphatic rings. The lowest BCUT2D eigenvalue weighted by molar-refractivity contribution is -0.131. The molecule has 1 atom stereocenters. The predicted octanol–water partition coefficient (Wildman–Crippen LogP) is 2.79. The molecular formula is C20H23N3O2. The molecule has 25 heavy (non-hydrogen) atoms. The Bertz CT molecular complexity index is 773. The Morgan fingerprint density at radius 3 is 3.08 bits per heavy atom. The minimum absolute atomic E-state index is 0.149. The quantitative estimate of drug-likeness (QED) is 0.672. The van der Waals surface area contributed by atoms with Crippen molar-refractivity contribution in [1.82, 2.24) is 9.88 Å². The largest absolute Gasteiger partial charge is 0.426 e. The van der Waals surface area contributed by atoms with E-state index in [0.717, 1.165) is 43.3 Å². The third-order valence-electron chi connectivity index (χ3n) is 4.95. The van der Waals surface area contributed by atoms with E-state index in [1.54, 1.807) is 0 Å². The first-order valence-corrected chi connectivity index (χ1v) is 8.87. The van der Waals surface area contributed by atoms with E-state index >= 15 is 0 Å². The summed E-state index contributed by atoms with van der Waals surface area (Å²) in [7, 11) is 0. The lowest BCUT2D eigenvalue weighted by atomic mass is 10.1. The molecule has 1 saturated heterocycles. The van der Waals surface area contributed by atoms with E-state index in [2.05, 4.69) is 27.3 Å². The van der Waals surface area contributed by atoms with E-state index in [1.807, 2.05) is 31.3 Å². The average molecular weight is 337 g/mol. The molecule has 0 radical (unpaired) electrons. The molecule has 0 spiro atoms. The fraction of sp³-hybridized carbons (Fsp3) is 0.400. The molecule has 3 heterocycles. The number of pyridine rings is 1. The minimum Gasteiger partial charge on any atom is -0.426 e. The summed E-state index contributed by atoms with van der Waals surface area (Å²) < 4.78 is 5.25. The first-order chi connectivity index (χ1) is 12.2. The number of nitrogens with one attached hydrogen (secondary N) is 1. The Morgan fingerprint density at radius 1 is 1.32 bits per heavy atom. The van der Waals surface area contributed by atoms with Crippen LogP contribution in [-0.2, 0) is 17.8 Å². The second-order valence-corrected chi connectivity index (χ2v) is 7.08. The number of fused-ring (bicyclic) bond motifs is 1. The number of anilines is 1. The lowest BCUT2D eigenvalue weighted by Crippen LogP contribution is -2.22. The smallest absolute Gasteiger partial charge is 0.315 e. The maximum atomic E-state index is 11.4. The van der Waals surface area contributed by atoms with Gasteiger partial charge in [0.2, 0.25) is 0 Å². The number of carbonyl (C=O) groups excluding carboxylic acids is 1. The van der Waals surface area contributed by atoms with E-state index in [4.69, 9.17) is 4.74 Å². The van der Waals surface area contributed by atoms with Crippen LogP contribution in [-0.4, -0.2) is 35.5 Å². The van der Waals surface area contributed by atoms with Crippen LogP contribution in [0.2, 0.25) is 0 Å². The SMILES string of the molecule is Cc1ccc(NCC2CCN(Cc3ccc4c(c3)OC(=O)C4)C2)nc1. The molecule has 0 bridgehead atoms. The van der Waals surface area contributed by atoms with Crippen LogP contribution in [0.4, 0.5) is 5.82 Å². The standard InChI is InChI=1S/C20H23N3O2/c1-14-2-5-19(21-10-14)22-11-16-6-7-23(13-16)12-15-3-4-17-9-20(24)25-18(17)8-15/h2-5,8,10,16H,6-7,9,11-13H2,1H3,(H,21,22). The zero-order valence-electron chi connectivity index (χ0n) is 14.5. The number of esters is 1. The van der Waals surface area contributed by atoms with Crippen LogP contribution in [0.15, 0.2) is 36.5 Å². The van der Waals surface area contributed by atoms with Crippen LogP contribution in [0.25, 0.3) is 0 Å². The molecule has 130 valence electrons. The van der Waals surface area contributed by atoms with Crippen molar-refractivity contribution in [3.8, 4) is 5.75 Å². The number of hydrogen-bond acceptors (Lipinski definition) is 5. The molecular weight excluding hydrogens is 314 g/mol. The van der Waals surface area contributed by atoms with Gasteiger partial charge in [-0.3, -0.25) is 9.69 Å². The molecule has 5 nitrogen and oxygen atoms in total. The van der Waals surface area contributed by atoms with Gasteiger partial charge in [0.15, 0.2) is 0 Å². The van der Waals surface area contributed by atoms with Gasteiger partial charge in [0.1, 0.15) is 11.6 Å². The van der Waals surface area contributed by atoms with Crippen LogP contribution in [0.1, 0.15) is 23.1 Å². The zero-order valence-corrected chi connectivity index (χ0v) is 14.5. The van der Waals surface area contributed by atoms with Gasteiger partial charge >= 0.3 is 5.97 Å². The Morgan fingerprint density at radius 2 is 2.24 bits per heavy atom. The zero-order chi connectivity index (χ0) is 17.2. The number of aromatic nitrogens is 1. The molecule has 4 rings (SSSR count). The first kappa shape index (κ1) is 16.1. The van der Waals surface area contributed by atoms with Crippen LogP contribution in [0.3, 0.4) is 0 Å². The second kappa shape index (κ2) is 6.84. The normalized spacial score (nSPS) is 19.7. The monoisotopic (exact) mass is 337 g/mol. The van der Waals surface area contributed by atoms with Gasteiger partial charge < -0.3 is 10.1 Å². The molecule has 1 fully saturated rings. The highest BCUT2D eigenvalue weighted by Gasteiger charge is 2.24. The number of aryl methyl sites for hydroxylation is 1. The fourth-order valence-electron chi connectivity index (χ4n) is 3.56. The van der Waals surface area contributed by atoms with E-state index in [-0.39, 0.29) is 5.97 Å². The molecule has 2 aromatic rings. The molecule has 0 amide bonds. The highest BCUT2D eigenvalue weighted by Crippen LogP contribution is 2.28. The maximum Gasteiger partial charge on any atom is 0.315 e. The molecule has 0 aliphatic carbocycles. The number of rotatable bonds is 5. The van der Waals surface area contributed by atoms with Crippen molar-refractivity contribution in [3.05, 3.63) is 53.2 Å². The lowest BCUT2D eigenvalue weighted by Gasteiger charge is -2.17. The predicted molar refractivity (Wildman–Crippen MR) is 96.6 cm³/mol. The molecule has 1 aromatic carbocycles. The number of carbonyl (C=O) groups is 1. The van der Waals surface area contributed by atoms with Gasteiger partial charge in [0.05, 0.1) is 6.42 Å². The van der Waals surface area contributed by atoms with Crippen molar-refractivity contribution in [2.45, 2.75) is 26.3 Å².